The highest BCUT2D eigenvalue weighted by atomic mass is 32.1. The van der Waals surface area contributed by atoms with Crippen molar-refractivity contribution in [1.29, 1.82) is 0 Å². The molecule has 3 rings (SSSR count). The number of thiophene rings is 1. The number of rotatable bonds is 9. The second-order valence-corrected chi connectivity index (χ2v) is 10.3. The molecule has 32 heavy (non-hydrogen) atoms. The van der Waals surface area contributed by atoms with Crippen molar-refractivity contribution in [1.82, 2.24) is 15.1 Å². The Kier molecular flexibility index (Phi) is 9.15. The van der Waals surface area contributed by atoms with E-state index in [-0.39, 0.29) is 24.5 Å². The molecular formula is C26H37N3O2S. The van der Waals surface area contributed by atoms with Gasteiger partial charge in [-0.25, -0.2) is 4.79 Å². The van der Waals surface area contributed by atoms with E-state index in [0.29, 0.717) is 25.6 Å². The van der Waals surface area contributed by atoms with Gasteiger partial charge in [-0.3, -0.25) is 4.79 Å². The fourth-order valence-corrected chi connectivity index (χ4v) is 5.13. The lowest BCUT2D eigenvalue weighted by Crippen LogP contribution is -2.50. The second-order valence-electron chi connectivity index (χ2n) is 9.32. The SMILES string of the molecule is Cc1ccsc1CN(Cc1ccccc1)C(=O)CN(CC(C)C)C(=O)NC1CCCCC1. The highest BCUT2D eigenvalue weighted by molar-refractivity contribution is 7.10. The molecule has 1 fully saturated rings. The Bertz CT molecular complexity index is 859. The first-order valence-corrected chi connectivity index (χ1v) is 12.7. The molecule has 1 aromatic heterocycles. The molecule has 0 bridgehead atoms. The molecule has 0 saturated heterocycles. The van der Waals surface area contributed by atoms with Crippen LogP contribution in [0.15, 0.2) is 41.8 Å². The number of carbonyl (C=O) groups excluding carboxylic acids is 2. The zero-order valence-corrected chi connectivity index (χ0v) is 20.5. The highest BCUT2D eigenvalue weighted by Crippen LogP contribution is 2.20. The maximum Gasteiger partial charge on any atom is 0.318 e. The van der Waals surface area contributed by atoms with Gasteiger partial charge in [0.15, 0.2) is 0 Å². The van der Waals surface area contributed by atoms with E-state index < -0.39 is 0 Å². The van der Waals surface area contributed by atoms with Gasteiger partial charge in [0, 0.05) is 24.0 Å². The largest absolute Gasteiger partial charge is 0.335 e. The van der Waals surface area contributed by atoms with Gasteiger partial charge in [-0.05, 0) is 48.3 Å². The summed E-state index contributed by atoms with van der Waals surface area (Å²) in [5, 5.41) is 5.26. The van der Waals surface area contributed by atoms with E-state index in [1.54, 1.807) is 16.2 Å². The van der Waals surface area contributed by atoms with Crippen molar-refractivity contribution < 1.29 is 9.59 Å². The lowest BCUT2D eigenvalue weighted by molar-refractivity contribution is -0.133. The molecule has 0 aliphatic heterocycles. The number of hydrogen-bond donors (Lipinski definition) is 1. The number of aryl methyl sites for hydroxylation is 1. The van der Waals surface area contributed by atoms with Crippen LogP contribution in [0.25, 0.3) is 0 Å². The summed E-state index contributed by atoms with van der Waals surface area (Å²) < 4.78 is 0. The zero-order chi connectivity index (χ0) is 22.9. The third-order valence-corrected chi connectivity index (χ3v) is 7.01. The van der Waals surface area contributed by atoms with E-state index in [1.165, 1.54) is 29.7 Å². The molecule has 2 aromatic rings. The van der Waals surface area contributed by atoms with Gasteiger partial charge in [-0.15, -0.1) is 11.3 Å². The van der Waals surface area contributed by atoms with E-state index >= 15 is 0 Å². The van der Waals surface area contributed by atoms with Crippen LogP contribution < -0.4 is 5.32 Å². The molecule has 1 heterocycles. The first-order chi connectivity index (χ1) is 15.4. The molecule has 0 atom stereocenters. The summed E-state index contributed by atoms with van der Waals surface area (Å²) in [4.78, 5) is 31.3. The standard InChI is InChI=1S/C26H37N3O2S/c1-20(2)16-29(26(31)27-23-12-8-5-9-13-23)19-25(30)28(17-22-10-6-4-7-11-22)18-24-21(3)14-15-32-24/h4,6-7,10-11,14-15,20,23H,5,8-9,12-13,16-19H2,1-3H3,(H,27,31). The number of nitrogens with one attached hydrogen (secondary N) is 1. The van der Waals surface area contributed by atoms with Crippen LogP contribution in [0.2, 0.25) is 0 Å². The summed E-state index contributed by atoms with van der Waals surface area (Å²) in [7, 11) is 0. The Hall–Kier alpha value is -2.34. The van der Waals surface area contributed by atoms with Crippen molar-refractivity contribution in [2.75, 3.05) is 13.1 Å². The van der Waals surface area contributed by atoms with Gasteiger partial charge in [0.05, 0.1) is 6.54 Å². The van der Waals surface area contributed by atoms with Crippen LogP contribution in [0.1, 0.15) is 62.0 Å². The van der Waals surface area contributed by atoms with Gasteiger partial charge in [0.25, 0.3) is 0 Å². The Labute approximate surface area is 196 Å². The minimum absolute atomic E-state index is 0.0129. The maximum atomic E-state index is 13.5. The van der Waals surface area contributed by atoms with Gasteiger partial charge < -0.3 is 15.1 Å². The van der Waals surface area contributed by atoms with Crippen molar-refractivity contribution in [3.8, 4) is 0 Å². The molecule has 6 heteroatoms. The number of urea groups is 1. The Morgan fingerprint density at radius 2 is 1.75 bits per heavy atom. The van der Waals surface area contributed by atoms with Crippen LogP contribution in [0, 0.1) is 12.8 Å². The molecule has 174 valence electrons. The van der Waals surface area contributed by atoms with E-state index in [0.717, 1.165) is 18.4 Å². The topological polar surface area (TPSA) is 52.7 Å². The van der Waals surface area contributed by atoms with E-state index in [9.17, 15) is 9.59 Å². The fourth-order valence-electron chi connectivity index (χ4n) is 4.21. The van der Waals surface area contributed by atoms with E-state index in [4.69, 9.17) is 0 Å². The Balaban J connectivity index is 1.72. The molecule has 0 spiro atoms. The molecule has 3 amide bonds. The lowest BCUT2D eigenvalue weighted by atomic mass is 9.96. The Morgan fingerprint density at radius 3 is 2.38 bits per heavy atom. The number of carbonyl (C=O) groups is 2. The summed E-state index contributed by atoms with van der Waals surface area (Å²) in [5.74, 6) is 0.281. The quantitative estimate of drug-likeness (QED) is 0.536. The number of amides is 3. The lowest BCUT2D eigenvalue weighted by Gasteiger charge is -2.31. The molecule has 1 N–H and O–H groups in total. The molecule has 1 aliphatic carbocycles. The Morgan fingerprint density at radius 1 is 1.03 bits per heavy atom. The minimum Gasteiger partial charge on any atom is -0.335 e. The van der Waals surface area contributed by atoms with Crippen molar-refractivity contribution in [2.24, 2.45) is 5.92 Å². The molecule has 1 aliphatic rings. The van der Waals surface area contributed by atoms with Crippen molar-refractivity contribution in [3.05, 3.63) is 57.8 Å². The smallest absolute Gasteiger partial charge is 0.318 e. The number of nitrogens with zero attached hydrogens (tertiary/aromatic N) is 2. The van der Waals surface area contributed by atoms with Crippen molar-refractivity contribution in [2.45, 2.75) is 72.0 Å². The molecule has 1 aromatic carbocycles. The fraction of sp³-hybridized carbons (Fsp3) is 0.538. The second kappa shape index (κ2) is 12.0. The van der Waals surface area contributed by atoms with Crippen LogP contribution in [0.3, 0.4) is 0 Å². The maximum absolute atomic E-state index is 13.5. The average molecular weight is 456 g/mol. The molecular weight excluding hydrogens is 418 g/mol. The van der Waals surface area contributed by atoms with Gasteiger partial charge >= 0.3 is 6.03 Å². The van der Waals surface area contributed by atoms with E-state index in [1.807, 2.05) is 35.2 Å². The molecule has 0 radical (unpaired) electrons. The van der Waals surface area contributed by atoms with Gasteiger partial charge in [0.1, 0.15) is 6.54 Å². The van der Waals surface area contributed by atoms with Gasteiger partial charge in [-0.2, -0.15) is 0 Å². The van der Waals surface area contributed by atoms with Crippen LogP contribution >= 0.6 is 11.3 Å². The third-order valence-electron chi connectivity index (χ3n) is 6.00. The van der Waals surface area contributed by atoms with Gasteiger partial charge in [0.2, 0.25) is 5.91 Å². The first-order valence-electron chi connectivity index (χ1n) is 11.8. The highest BCUT2D eigenvalue weighted by Gasteiger charge is 2.25. The monoisotopic (exact) mass is 455 g/mol. The molecule has 5 nitrogen and oxygen atoms in total. The van der Waals surface area contributed by atoms with Crippen LogP contribution in [0.5, 0.6) is 0 Å². The van der Waals surface area contributed by atoms with Gasteiger partial charge in [-0.1, -0.05) is 63.4 Å². The zero-order valence-electron chi connectivity index (χ0n) is 19.7. The number of hydrogen-bond acceptors (Lipinski definition) is 3. The van der Waals surface area contributed by atoms with Crippen molar-refractivity contribution in [3.63, 3.8) is 0 Å². The molecule has 1 saturated carbocycles. The summed E-state index contributed by atoms with van der Waals surface area (Å²) in [5.41, 5.74) is 2.30. The third kappa shape index (κ3) is 7.37. The number of benzene rings is 1. The summed E-state index contributed by atoms with van der Waals surface area (Å²) >= 11 is 1.68. The summed E-state index contributed by atoms with van der Waals surface area (Å²) in [6.07, 6.45) is 5.65. The normalized spacial score (nSPS) is 14.4. The predicted octanol–water partition coefficient (Wildman–Crippen LogP) is 5.59. The average Bonchev–Trinajstić information content (AvgIpc) is 3.18. The van der Waals surface area contributed by atoms with Crippen LogP contribution in [0.4, 0.5) is 4.79 Å². The first kappa shape index (κ1) is 24.3. The predicted molar refractivity (Wildman–Crippen MR) is 132 cm³/mol. The van der Waals surface area contributed by atoms with Crippen LogP contribution in [-0.4, -0.2) is 40.9 Å². The van der Waals surface area contributed by atoms with E-state index in [2.05, 4.69) is 37.5 Å². The molecule has 0 unspecified atom stereocenters. The minimum atomic E-state index is -0.106. The summed E-state index contributed by atoms with van der Waals surface area (Å²) in [6, 6.07) is 12.3. The van der Waals surface area contributed by atoms with Crippen molar-refractivity contribution >= 4 is 23.3 Å². The summed E-state index contributed by atoms with van der Waals surface area (Å²) in [6.45, 7) is 8.03. The van der Waals surface area contributed by atoms with Crippen LogP contribution in [-0.2, 0) is 17.9 Å².